The number of nitrogens with zero attached hydrogens (tertiary/aromatic N) is 1. The van der Waals surface area contributed by atoms with Crippen LogP contribution in [0.15, 0.2) is 29.4 Å². The molecule has 4 nitrogen and oxygen atoms in total. The average Bonchev–Trinajstić information content (AvgIpc) is 3.26. The lowest BCUT2D eigenvalue weighted by Crippen LogP contribution is -2.25. The molecule has 0 heterocycles. The maximum Gasteiger partial charge on any atom is 0.277 e. The van der Waals surface area contributed by atoms with Crippen LogP contribution in [0.2, 0.25) is 0 Å². The SMILES string of the molecule is CC(=NNC(=O)COc1ccc(C(C)(C)C)cc1)C1CC1. The van der Waals surface area contributed by atoms with E-state index in [-0.39, 0.29) is 17.9 Å². The molecule has 0 unspecified atom stereocenters. The van der Waals surface area contributed by atoms with Gasteiger partial charge in [0, 0.05) is 5.71 Å². The van der Waals surface area contributed by atoms with Gasteiger partial charge in [0.25, 0.3) is 5.91 Å². The number of carbonyl (C=O) groups is 1. The molecule has 4 heteroatoms. The van der Waals surface area contributed by atoms with Gasteiger partial charge >= 0.3 is 0 Å². The molecule has 1 aliphatic carbocycles. The average molecular weight is 288 g/mol. The van der Waals surface area contributed by atoms with Gasteiger partial charge < -0.3 is 4.74 Å². The second-order valence-corrected chi connectivity index (χ2v) is 6.63. The Labute approximate surface area is 126 Å². The molecule has 21 heavy (non-hydrogen) atoms. The third kappa shape index (κ3) is 4.88. The zero-order valence-corrected chi connectivity index (χ0v) is 13.3. The molecule has 0 radical (unpaired) electrons. The molecular formula is C17H24N2O2. The van der Waals surface area contributed by atoms with Gasteiger partial charge in [-0.2, -0.15) is 5.10 Å². The normalized spacial score (nSPS) is 15.7. The minimum Gasteiger partial charge on any atom is -0.484 e. The molecule has 1 N–H and O–H groups in total. The lowest BCUT2D eigenvalue weighted by Gasteiger charge is -2.19. The molecule has 1 aromatic carbocycles. The zero-order valence-electron chi connectivity index (χ0n) is 13.3. The van der Waals surface area contributed by atoms with Gasteiger partial charge in [0.05, 0.1) is 0 Å². The topological polar surface area (TPSA) is 50.7 Å². The van der Waals surface area contributed by atoms with E-state index in [1.54, 1.807) is 0 Å². The Kier molecular flexibility index (Phi) is 4.66. The largest absolute Gasteiger partial charge is 0.484 e. The number of ether oxygens (including phenoxy) is 1. The van der Waals surface area contributed by atoms with Crippen LogP contribution in [-0.4, -0.2) is 18.2 Å². The minimum absolute atomic E-state index is 0.0175. The van der Waals surface area contributed by atoms with E-state index in [1.807, 2.05) is 31.2 Å². The van der Waals surface area contributed by atoms with Crippen LogP contribution in [0, 0.1) is 5.92 Å². The lowest BCUT2D eigenvalue weighted by molar-refractivity contribution is -0.123. The van der Waals surface area contributed by atoms with Crippen LogP contribution in [0.25, 0.3) is 0 Å². The van der Waals surface area contributed by atoms with Crippen molar-refractivity contribution in [1.82, 2.24) is 5.43 Å². The first-order valence-electron chi connectivity index (χ1n) is 7.42. The van der Waals surface area contributed by atoms with Crippen LogP contribution < -0.4 is 10.2 Å². The molecule has 0 atom stereocenters. The molecule has 1 fully saturated rings. The maximum atomic E-state index is 11.6. The van der Waals surface area contributed by atoms with Crippen molar-refractivity contribution in [3.8, 4) is 5.75 Å². The summed E-state index contributed by atoms with van der Waals surface area (Å²) in [7, 11) is 0. The van der Waals surface area contributed by atoms with Gasteiger partial charge in [0.1, 0.15) is 5.75 Å². The highest BCUT2D eigenvalue weighted by atomic mass is 16.5. The highest BCUT2D eigenvalue weighted by Gasteiger charge is 2.24. The van der Waals surface area contributed by atoms with E-state index >= 15 is 0 Å². The summed E-state index contributed by atoms with van der Waals surface area (Å²) in [6.45, 7) is 8.42. The number of hydrogen-bond acceptors (Lipinski definition) is 3. The number of nitrogens with one attached hydrogen (secondary N) is 1. The fourth-order valence-electron chi connectivity index (χ4n) is 1.98. The van der Waals surface area contributed by atoms with Crippen LogP contribution in [0.5, 0.6) is 5.75 Å². The van der Waals surface area contributed by atoms with Crippen LogP contribution >= 0.6 is 0 Å². The first-order chi connectivity index (χ1) is 9.86. The Balaban J connectivity index is 1.79. The van der Waals surface area contributed by atoms with Crippen molar-refractivity contribution >= 4 is 11.6 Å². The Morgan fingerprint density at radius 2 is 1.90 bits per heavy atom. The van der Waals surface area contributed by atoms with Gasteiger partial charge in [-0.05, 0) is 48.8 Å². The zero-order chi connectivity index (χ0) is 15.5. The monoisotopic (exact) mass is 288 g/mol. The number of rotatable bonds is 5. The lowest BCUT2D eigenvalue weighted by atomic mass is 9.87. The second-order valence-electron chi connectivity index (χ2n) is 6.63. The first-order valence-corrected chi connectivity index (χ1v) is 7.42. The van der Waals surface area contributed by atoms with E-state index in [4.69, 9.17) is 4.74 Å². The summed E-state index contributed by atoms with van der Waals surface area (Å²) in [6, 6.07) is 7.85. The fraction of sp³-hybridized carbons (Fsp3) is 0.529. The molecule has 1 aromatic rings. The molecule has 0 aromatic heterocycles. The molecular weight excluding hydrogens is 264 g/mol. The molecule has 1 saturated carbocycles. The summed E-state index contributed by atoms with van der Waals surface area (Å²) in [5.41, 5.74) is 4.89. The van der Waals surface area contributed by atoms with E-state index in [0.29, 0.717) is 11.7 Å². The smallest absolute Gasteiger partial charge is 0.277 e. The molecule has 2 rings (SSSR count). The minimum atomic E-state index is -0.227. The third-order valence-electron chi connectivity index (χ3n) is 3.62. The Morgan fingerprint density at radius 1 is 1.29 bits per heavy atom. The Bertz CT molecular complexity index is 523. The van der Waals surface area contributed by atoms with E-state index in [1.165, 1.54) is 18.4 Å². The van der Waals surface area contributed by atoms with Crippen LogP contribution in [-0.2, 0) is 10.2 Å². The maximum absolute atomic E-state index is 11.6. The van der Waals surface area contributed by atoms with E-state index in [9.17, 15) is 4.79 Å². The predicted molar refractivity (Wildman–Crippen MR) is 84.6 cm³/mol. The summed E-state index contributed by atoms with van der Waals surface area (Å²) in [5, 5.41) is 4.08. The first kappa shape index (κ1) is 15.5. The van der Waals surface area contributed by atoms with Crippen molar-refractivity contribution in [2.75, 3.05) is 6.61 Å². The van der Waals surface area contributed by atoms with Crippen molar-refractivity contribution < 1.29 is 9.53 Å². The van der Waals surface area contributed by atoms with Gasteiger partial charge in [-0.3, -0.25) is 4.79 Å². The summed E-state index contributed by atoms with van der Waals surface area (Å²) in [6.07, 6.45) is 2.36. The van der Waals surface area contributed by atoms with E-state index < -0.39 is 0 Å². The highest BCUT2D eigenvalue weighted by Crippen LogP contribution is 2.30. The van der Waals surface area contributed by atoms with E-state index in [0.717, 1.165) is 5.71 Å². The van der Waals surface area contributed by atoms with Gasteiger partial charge in [-0.25, -0.2) is 5.43 Å². The Hall–Kier alpha value is -1.84. The second kappa shape index (κ2) is 6.29. The quantitative estimate of drug-likeness (QED) is 0.668. The summed E-state index contributed by atoms with van der Waals surface area (Å²) >= 11 is 0. The van der Waals surface area contributed by atoms with Crippen LogP contribution in [0.4, 0.5) is 0 Å². The fourth-order valence-corrected chi connectivity index (χ4v) is 1.98. The van der Waals surface area contributed by atoms with Gasteiger partial charge in [0.15, 0.2) is 6.61 Å². The van der Waals surface area contributed by atoms with E-state index in [2.05, 4.69) is 31.3 Å². The van der Waals surface area contributed by atoms with Crippen LogP contribution in [0.3, 0.4) is 0 Å². The standard InChI is InChI=1S/C17H24N2O2/c1-12(13-5-6-13)18-19-16(20)11-21-15-9-7-14(8-10-15)17(2,3)4/h7-10,13H,5-6,11H2,1-4H3,(H,19,20). The van der Waals surface area contributed by atoms with Gasteiger partial charge in [-0.15, -0.1) is 0 Å². The molecule has 0 aliphatic heterocycles. The predicted octanol–water partition coefficient (Wildman–Crippen LogP) is 3.27. The molecule has 1 aliphatic rings. The number of hydrazone groups is 1. The molecule has 0 saturated heterocycles. The number of carbonyl (C=O) groups excluding carboxylic acids is 1. The third-order valence-corrected chi connectivity index (χ3v) is 3.62. The summed E-state index contributed by atoms with van der Waals surface area (Å²) in [5.74, 6) is 1.03. The van der Waals surface area contributed by atoms with Crippen LogP contribution in [0.1, 0.15) is 46.1 Å². The molecule has 0 spiro atoms. The molecule has 1 amide bonds. The van der Waals surface area contributed by atoms with Gasteiger partial charge in [-0.1, -0.05) is 32.9 Å². The van der Waals surface area contributed by atoms with Crippen molar-refractivity contribution in [3.05, 3.63) is 29.8 Å². The summed E-state index contributed by atoms with van der Waals surface area (Å²) < 4.78 is 5.46. The van der Waals surface area contributed by atoms with Gasteiger partial charge in [0.2, 0.25) is 0 Å². The van der Waals surface area contributed by atoms with Crippen molar-refractivity contribution in [3.63, 3.8) is 0 Å². The van der Waals surface area contributed by atoms with Crippen molar-refractivity contribution in [2.45, 2.75) is 46.0 Å². The number of amides is 1. The highest BCUT2D eigenvalue weighted by molar-refractivity contribution is 5.88. The Morgan fingerprint density at radius 3 is 2.43 bits per heavy atom. The van der Waals surface area contributed by atoms with Crippen molar-refractivity contribution in [1.29, 1.82) is 0 Å². The molecule has 0 bridgehead atoms. The summed E-state index contributed by atoms with van der Waals surface area (Å²) in [4.78, 5) is 11.6. The number of benzene rings is 1. The molecule has 114 valence electrons. The van der Waals surface area contributed by atoms with Crippen molar-refractivity contribution in [2.24, 2.45) is 11.0 Å². The number of hydrogen-bond donors (Lipinski definition) is 1.